The van der Waals surface area contributed by atoms with Gasteiger partial charge in [-0.3, -0.25) is 4.98 Å². The summed E-state index contributed by atoms with van der Waals surface area (Å²) in [4.78, 5) is 8.33. The molecule has 0 fully saturated rings. The van der Waals surface area contributed by atoms with Crippen molar-refractivity contribution in [2.75, 3.05) is 6.54 Å². The molecule has 2 aromatic heterocycles. The molecule has 2 aromatic rings. The molecule has 4 heteroatoms. The molecule has 0 radical (unpaired) electrons. The average molecular weight is 203 g/mol. The summed E-state index contributed by atoms with van der Waals surface area (Å²) in [6.07, 6.45) is 3.42. The van der Waals surface area contributed by atoms with Crippen LogP contribution in [0.2, 0.25) is 0 Å². The highest BCUT2D eigenvalue weighted by atomic mass is 16.4. The van der Waals surface area contributed by atoms with E-state index in [-0.39, 0.29) is 5.92 Å². The quantitative estimate of drug-likeness (QED) is 0.826. The van der Waals surface area contributed by atoms with Crippen molar-refractivity contribution in [2.24, 2.45) is 5.73 Å². The molecule has 0 bridgehead atoms. The lowest BCUT2D eigenvalue weighted by atomic mass is 10.1. The predicted octanol–water partition coefficient (Wildman–Crippen LogP) is 1.80. The van der Waals surface area contributed by atoms with Crippen LogP contribution in [0.15, 0.2) is 35.0 Å². The molecular weight excluding hydrogens is 190 g/mol. The fourth-order valence-electron chi connectivity index (χ4n) is 1.24. The molecule has 0 saturated carbocycles. The van der Waals surface area contributed by atoms with Gasteiger partial charge in [-0.05, 0) is 12.1 Å². The first-order valence-electron chi connectivity index (χ1n) is 4.88. The van der Waals surface area contributed by atoms with Gasteiger partial charge in [-0.25, -0.2) is 4.98 Å². The number of oxazole rings is 1. The molecule has 1 atom stereocenters. The Kier molecular flexibility index (Phi) is 2.78. The number of nitrogens with zero attached hydrogens (tertiary/aromatic N) is 2. The second-order valence-electron chi connectivity index (χ2n) is 3.42. The van der Waals surface area contributed by atoms with Gasteiger partial charge in [-0.1, -0.05) is 13.0 Å². The molecule has 2 rings (SSSR count). The topological polar surface area (TPSA) is 64.9 Å². The van der Waals surface area contributed by atoms with Crippen LogP contribution in [0.1, 0.15) is 18.6 Å². The monoisotopic (exact) mass is 203 g/mol. The zero-order valence-electron chi connectivity index (χ0n) is 8.55. The zero-order chi connectivity index (χ0) is 10.7. The van der Waals surface area contributed by atoms with Crippen LogP contribution in [0.3, 0.4) is 0 Å². The van der Waals surface area contributed by atoms with E-state index in [0.29, 0.717) is 12.4 Å². The molecule has 0 aliphatic rings. The number of pyridine rings is 1. The Morgan fingerprint density at radius 3 is 2.93 bits per heavy atom. The van der Waals surface area contributed by atoms with Gasteiger partial charge in [0.15, 0.2) is 0 Å². The number of hydrogen-bond donors (Lipinski definition) is 1. The van der Waals surface area contributed by atoms with Crippen LogP contribution in [0.25, 0.3) is 11.6 Å². The number of hydrogen-bond acceptors (Lipinski definition) is 4. The van der Waals surface area contributed by atoms with Crippen LogP contribution in [-0.2, 0) is 0 Å². The predicted molar refractivity (Wildman–Crippen MR) is 57.2 cm³/mol. The second kappa shape index (κ2) is 4.23. The van der Waals surface area contributed by atoms with Crippen molar-refractivity contribution < 1.29 is 4.42 Å². The number of aromatic nitrogens is 2. The van der Waals surface area contributed by atoms with E-state index in [9.17, 15) is 0 Å². The smallest absolute Gasteiger partial charge is 0.245 e. The fraction of sp³-hybridized carbons (Fsp3) is 0.273. The van der Waals surface area contributed by atoms with Crippen molar-refractivity contribution in [3.63, 3.8) is 0 Å². The lowest BCUT2D eigenvalue weighted by Gasteiger charge is -2.01. The Morgan fingerprint density at radius 1 is 1.40 bits per heavy atom. The first kappa shape index (κ1) is 9.86. The van der Waals surface area contributed by atoms with Crippen LogP contribution in [0, 0.1) is 0 Å². The Morgan fingerprint density at radius 2 is 2.27 bits per heavy atom. The molecule has 2 heterocycles. The molecule has 0 aromatic carbocycles. The zero-order valence-corrected chi connectivity index (χ0v) is 8.55. The van der Waals surface area contributed by atoms with Gasteiger partial charge in [-0.2, -0.15) is 0 Å². The maximum absolute atomic E-state index is 5.57. The highest BCUT2D eigenvalue weighted by molar-refractivity contribution is 5.45. The van der Waals surface area contributed by atoms with Crippen LogP contribution in [0.5, 0.6) is 0 Å². The third-order valence-electron chi connectivity index (χ3n) is 2.25. The highest BCUT2D eigenvalue weighted by Gasteiger charge is 2.11. The van der Waals surface area contributed by atoms with Crippen LogP contribution in [-0.4, -0.2) is 16.5 Å². The number of rotatable bonds is 3. The first-order valence-corrected chi connectivity index (χ1v) is 4.88. The maximum Gasteiger partial charge on any atom is 0.245 e. The third-order valence-corrected chi connectivity index (χ3v) is 2.25. The maximum atomic E-state index is 5.57. The van der Waals surface area contributed by atoms with Gasteiger partial charge in [0.1, 0.15) is 11.5 Å². The normalized spacial score (nSPS) is 12.7. The van der Waals surface area contributed by atoms with E-state index in [0.717, 1.165) is 11.5 Å². The Hall–Kier alpha value is -1.68. The summed E-state index contributed by atoms with van der Waals surface area (Å²) in [5, 5.41) is 0. The van der Waals surface area contributed by atoms with Crippen molar-refractivity contribution >= 4 is 0 Å². The summed E-state index contributed by atoms with van der Waals surface area (Å²) < 4.78 is 5.57. The SMILES string of the molecule is CC(CN)c1cnc(-c2ccccn2)o1. The Labute approximate surface area is 88.2 Å². The minimum atomic E-state index is 0.190. The molecule has 0 spiro atoms. The second-order valence-corrected chi connectivity index (χ2v) is 3.42. The van der Waals surface area contributed by atoms with Crippen molar-refractivity contribution in [1.82, 2.24) is 9.97 Å². The van der Waals surface area contributed by atoms with E-state index < -0.39 is 0 Å². The van der Waals surface area contributed by atoms with Gasteiger partial charge in [-0.15, -0.1) is 0 Å². The van der Waals surface area contributed by atoms with E-state index in [4.69, 9.17) is 10.2 Å². The van der Waals surface area contributed by atoms with Gasteiger partial charge >= 0.3 is 0 Å². The Balaban J connectivity index is 2.28. The first-order chi connectivity index (χ1) is 7.31. The summed E-state index contributed by atoms with van der Waals surface area (Å²) in [7, 11) is 0. The molecule has 0 amide bonds. The molecule has 2 N–H and O–H groups in total. The van der Waals surface area contributed by atoms with Crippen molar-refractivity contribution in [3.8, 4) is 11.6 Å². The number of nitrogens with two attached hydrogens (primary N) is 1. The van der Waals surface area contributed by atoms with Gasteiger partial charge in [0, 0.05) is 18.7 Å². The lowest BCUT2D eigenvalue weighted by Crippen LogP contribution is -2.07. The molecule has 1 unspecified atom stereocenters. The summed E-state index contributed by atoms with van der Waals surface area (Å²) in [5.74, 6) is 1.54. The van der Waals surface area contributed by atoms with Crippen LogP contribution >= 0.6 is 0 Å². The molecule has 4 nitrogen and oxygen atoms in total. The van der Waals surface area contributed by atoms with E-state index in [1.165, 1.54) is 0 Å². The van der Waals surface area contributed by atoms with E-state index in [1.807, 2.05) is 25.1 Å². The highest BCUT2D eigenvalue weighted by Crippen LogP contribution is 2.20. The summed E-state index contributed by atoms with van der Waals surface area (Å²) in [6.45, 7) is 2.56. The minimum absolute atomic E-state index is 0.190. The minimum Gasteiger partial charge on any atom is -0.440 e. The summed E-state index contributed by atoms with van der Waals surface area (Å²) in [6, 6.07) is 5.62. The van der Waals surface area contributed by atoms with Crippen molar-refractivity contribution in [2.45, 2.75) is 12.8 Å². The van der Waals surface area contributed by atoms with E-state index in [2.05, 4.69) is 9.97 Å². The van der Waals surface area contributed by atoms with Crippen LogP contribution < -0.4 is 5.73 Å². The fourth-order valence-corrected chi connectivity index (χ4v) is 1.24. The van der Waals surface area contributed by atoms with Gasteiger partial charge in [0.25, 0.3) is 0 Å². The molecule has 0 aliphatic heterocycles. The standard InChI is InChI=1S/C11H13N3O/c1-8(6-12)10-7-14-11(15-10)9-4-2-3-5-13-9/h2-5,7-8H,6,12H2,1H3. The largest absolute Gasteiger partial charge is 0.440 e. The molecule has 15 heavy (non-hydrogen) atoms. The van der Waals surface area contributed by atoms with Crippen LogP contribution in [0.4, 0.5) is 0 Å². The molecular formula is C11H13N3O. The van der Waals surface area contributed by atoms with Gasteiger partial charge < -0.3 is 10.2 Å². The molecule has 0 saturated heterocycles. The lowest BCUT2D eigenvalue weighted by molar-refractivity contribution is 0.484. The van der Waals surface area contributed by atoms with Crippen molar-refractivity contribution in [1.29, 1.82) is 0 Å². The molecule has 78 valence electrons. The average Bonchev–Trinajstić information content (AvgIpc) is 2.78. The Bertz CT molecular complexity index is 424. The molecule has 0 aliphatic carbocycles. The summed E-state index contributed by atoms with van der Waals surface area (Å²) >= 11 is 0. The summed E-state index contributed by atoms with van der Waals surface area (Å²) in [5.41, 5.74) is 6.29. The third kappa shape index (κ3) is 2.05. The van der Waals surface area contributed by atoms with Gasteiger partial charge in [0.05, 0.1) is 6.20 Å². The van der Waals surface area contributed by atoms with Gasteiger partial charge in [0.2, 0.25) is 5.89 Å². The van der Waals surface area contributed by atoms with Crippen molar-refractivity contribution in [3.05, 3.63) is 36.4 Å². The van der Waals surface area contributed by atoms with E-state index >= 15 is 0 Å². The van der Waals surface area contributed by atoms with E-state index in [1.54, 1.807) is 12.4 Å².